The van der Waals surface area contributed by atoms with Crippen LogP contribution in [0.3, 0.4) is 0 Å². The summed E-state index contributed by atoms with van der Waals surface area (Å²) in [6.45, 7) is 2.03. The van der Waals surface area contributed by atoms with Crippen LogP contribution in [0.2, 0.25) is 0 Å². The molecule has 0 fully saturated rings. The summed E-state index contributed by atoms with van der Waals surface area (Å²) in [7, 11) is 0. The maximum absolute atomic E-state index is 11.9. The topological polar surface area (TPSA) is 54.9 Å². The number of aromatic nitrogens is 2. The van der Waals surface area contributed by atoms with Gasteiger partial charge in [0.1, 0.15) is 0 Å². The molecule has 2 heterocycles. The van der Waals surface area contributed by atoms with Crippen molar-refractivity contribution in [2.45, 2.75) is 6.92 Å². The number of anilines is 1. The van der Waals surface area contributed by atoms with Crippen LogP contribution in [0, 0.1) is 6.92 Å². The van der Waals surface area contributed by atoms with Crippen molar-refractivity contribution in [1.82, 2.24) is 9.36 Å². The molecule has 0 spiro atoms. The Hall–Kier alpha value is -2.05. The predicted molar refractivity (Wildman–Crippen MR) is 82.4 cm³/mol. The van der Waals surface area contributed by atoms with E-state index in [1.54, 1.807) is 6.07 Å². The van der Waals surface area contributed by atoms with Crippen molar-refractivity contribution in [3.05, 3.63) is 52.2 Å². The van der Waals surface area contributed by atoms with E-state index in [4.69, 9.17) is 0 Å². The van der Waals surface area contributed by atoms with E-state index in [2.05, 4.69) is 14.7 Å². The number of thiophene rings is 1. The predicted octanol–water partition coefficient (Wildman–Crippen LogP) is 3.83. The highest BCUT2D eigenvalue weighted by atomic mass is 32.1. The van der Waals surface area contributed by atoms with Gasteiger partial charge >= 0.3 is 0 Å². The Morgan fingerprint density at radius 2 is 2.00 bits per heavy atom. The van der Waals surface area contributed by atoms with Gasteiger partial charge in [-0.15, -0.1) is 11.3 Å². The first kappa shape index (κ1) is 13.0. The SMILES string of the molecule is Cc1ccc(-c2nsc(NC(=O)c3cccs3)n2)cc1. The fraction of sp³-hybridized carbons (Fsp3) is 0.0714. The molecule has 1 aromatic carbocycles. The van der Waals surface area contributed by atoms with Crippen LogP contribution in [0.15, 0.2) is 41.8 Å². The second-order valence-corrected chi connectivity index (χ2v) is 5.92. The van der Waals surface area contributed by atoms with E-state index in [1.165, 1.54) is 28.4 Å². The quantitative estimate of drug-likeness (QED) is 0.800. The summed E-state index contributed by atoms with van der Waals surface area (Å²) in [5.41, 5.74) is 2.14. The van der Waals surface area contributed by atoms with E-state index < -0.39 is 0 Å². The highest BCUT2D eigenvalue weighted by Gasteiger charge is 2.11. The Bertz CT molecular complexity index is 717. The largest absolute Gasteiger partial charge is 0.296 e. The van der Waals surface area contributed by atoms with Gasteiger partial charge in [-0.2, -0.15) is 9.36 Å². The van der Waals surface area contributed by atoms with Crippen molar-refractivity contribution in [2.75, 3.05) is 5.32 Å². The van der Waals surface area contributed by atoms with Crippen LogP contribution in [0.5, 0.6) is 0 Å². The summed E-state index contributed by atoms with van der Waals surface area (Å²) < 4.78 is 4.27. The van der Waals surface area contributed by atoms with Gasteiger partial charge in [0.2, 0.25) is 5.13 Å². The third-order valence-electron chi connectivity index (χ3n) is 2.70. The minimum absolute atomic E-state index is 0.147. The zero-order valence-corrected chi connectivity index (χ0v) is 12.3. The number of rotatable bonds is 3. The molecule has 2 aromatic heterocycles. The average Bonchev–Trinajstić information content (AvgIpc) is 3.10. The summed E-state index contributed by atoms with van der Waals surface area (Å²) in [6, 6.07) is 11.6. The molecule has 0 bridgehead atoms. The summed E-state index contributed by atoms with van der Waals surface area (Å²) in [6.07, 6.45) is 0. The maximum Gasteiger partial charge on any atom is 0.267 e. The van der Waals surface area contributed by atoms with Crippen molar-refractivity contribution in [2.24, 2.45) is 0 Å². The van der Waals surface area contributed by atoms with Crippen LogP contribution < -0.4 is 5.32 Å². The molecule has 1 N–H and O–H groups in total. The average molecular weight is 301 g/mol. The van der Waals surface area contributed by atoms with Gasteiger partial charge in [0.15, 0.2) is 5.82 Å². The Morgan fingerprint density at radius 3 is 2.70 bits per heavy atom. The highest BCUT2D eigenvalue weighted by molar-refractivity contribution is 7.12. The normalized spacial score (nSPS) is 10.4. The first-order valence-corrected chi connectivity index (χ1v) is 7.63. The molecule has 0 saturated carbocycles. The van der Waals surface area contributed by atoms with Crippen LogP contribution in [-0.2, 0) is 0 Å². The minimum Gasteiger partial charge on any atom is -0.296 e. The molecule has 20 heavy (non-hydrogen) atoms. The van der Waals surface area contributed by atoms with Crippen molar-refractivity contribution in [1.29, 1.82) is 0 Å². The lowest BCUT2D eigenvalue weighted by Gasteiger charge is -1.97. The first-order valence-electron chi connectivity index (χ1n) is 5.98. The maximum atomic E-state index is 11.9. The van der Waals surface area contributed by atoms with Gasteiger partial charge in [-0.05, 0) is 18.4 Å². The molecule has 0 radical (unpaired) electrons. The second kappa shape index (κ2) is 5.52. The molecular formula is C14H11N3OS2. The van der Waals surface area contributed by atoms with Crippen LogP contribution in [-0.4, -0.2) is 15.3 Å². The molecule has 0 unspecified atom stereocenters. The minimum atomic E-state index is -0.147. The molecule has 0 aliphatic carbocycles. The molecule has 100 valence electrons. The van der Waals surface area contributed by atoms with E-state index >= 15 is 0 Å². The van der Waals surface area contributed by atoms with E-state index in [1.807, 2.05) is 42.6 Å². The Morgan fingerprint density at radius 1 is 1.20 bits per heavy atom. The Labute approximate surface area is 124 Å². The van der Waals surface area contributed by atoms with Crippen molar-refractivity contribution >= 4 is 33.9 Å². The number of hydrogen-bond donors (Lipinski definition) is 1. The van der Waals surface area contributed by atoms with E-state index in [9.17, 15) is 4.79 Å². The molecular weight excluding hydrogens is 290 g/mol. The first-order chi connectivity index (χ1) is 9.72. The zero-order chi connectivity index (χ0) is 13.9. The standard InChI is InChI=1S/C14H11N3OS2/c1-9-4-6-10(7-5-9)12-15-14(20-17-12)16-13(18)11-3-2-8-19-11/h2-8H,1H3,(H,15,16,17,18). The molecule has 0 atom stereocenters. The van der Waals surface area contributed by atoms with Gasteiger partial charge < -0.3 is 0 Å². The monoisotopic (exact) mass is 301 g/mol. The number of carbonyl (C=O) groups excluding carboxylic acids is 1. The number of nitrogens with one attached hydrogen (secondary N) is 1. The fourth-order valence-electron chi connectivity index (χ4n) is 1.66. The molecule has 3 aromatic rings. The third kappa shape index (κ3) is 2.76. The number of carbonyl (C=O) groups is 1. The van der Waals surface area contributed by atoms with E-state index in [-0.39, 0.29) is 5.91 Å². The van der Waals surface area contributed by atoms with Gasteiger partial charge in [-0.1, -0.05) is 35.9 Å². The fourth-order valence-corrected chi connectivity index (χ4v) is 2.86. The van der Waals surface area contributed by atoms with Crippen LogP contribution >= 0.6 is 22.9 Å². The summed E-state index contributed by atoms with van der Waals surface area (Å²) in [5.74, 6) is 0.489. The number of aryl methyl sites for hydroxylation is 1. The van der Waals surface area contributed by atoms with Crippen molar-refractivity contribution in [3.8, 4) is 11.4 Å². The van der Waals surface area contributed by atoms with Gasteiger partial charge in [-0.25, -0.2) is 0 Å². The molecule has 3 rings (SSSR count). The molecule has 4 nitrogen and oxygen atoms in total. The van der Waals surface area contributed by atoms with E-state index in [0.717, 1.165) is 5.56 Å². The Balaban J connectivity index is 1.77. The third-order valence-corrected chi connectivity index (χ3v) is 4.20. The van der Waals surface area contributed by atoms with Gasteiger partial charge in [0.25, 0.3) is 5.91 Å². The number of benzene rings is 1. The summed E-state index contributed by atoms with van der Waals surface area (Å²) in [4.78, 5) is 16.9. The molecule has 0 aliphatic heterocycles. The summed E-state index contributed by atoms with van der Waals surface area (Å²) >= 11 is 2.59. The lowest BCUT2D eigenvalue weighted by molar-refractivity contribution is 0.103. The Kier molecular flexibility index (Phi) is 3.58. The van der Waals surface area contributed by atoms with Gasteiger partial charge in [0.05, 0.1) is 4.88 Å². The van der Waals surface area contributed by atoms with Crippen molar-refractivity contribution < 1.29 is 4.79 Å². The zero-order valence-electron chi connectivity index (χ0n) is 10.7. The highest BCUT2D eigenvalue weighted by Crippen LogP contribution is 2.22. The lowest BCUT2D eigenvalue weighted by Crippen LogP contribution is -2.09. The molecule has 0 aliphatic rings. The number of nitrogens with zero attached hydrogens (tertiary/aromatic N) is 2. The number of amides is 1. The van der Waals surface area contributed by atoms with Crippen LogP contribution in [0.4, 0.5) is 5.13 Å². The lowest BCUT2D eigenvalue weighted by atomic mass is 10.1. The van der Waals surface area contributed by atoms with E-state index in [0.29, 0.717) is 15.8 Å². The van der Waals surface area contributed by atoms with Crippen LogP contribution in [0.25, 0.3) is 11.4 Å². The summed E-state index contributed by atoms with van der Waals surface area (Å²) in [5, 5.41) is 5.14. The molecule has 0 saturated heterocycles. The smallest absolute Gasteiger partial charge is 0.267 e. The van der Waals surface area contributed by atoms with Crippen LogP contribution in [0.1, 0.15) is 15.2 Å². The van der Waals surface area contributed by atoms with Gasteiger partial charge in [0, 0.05) is 17.1 Å². The second-order valence-electron chi connectivity index (χ2n) is 4.22. The van der Waals surface area contributed by atoms with Crippen molar-refractivity contribution in [3.63, 3.8) is 0 Å². The number of hydrogen-bond acceptors (Lipinski definition) is 5. The molecule has 6 heteroatoms. The van der Waals surface area contributed by atoms with Gasteiger partial charge in [-0.3, -0.25) is 10.1 Å². The molecule has 1 amide bonds.